The molecule has 2 aromatic heterocycles. The topological polar surface area (TPSA) is 90.0 Å². The number of benzene rings is 2. The highest BCUT2D eigenvalue weighted by molar-refractivity contribution is 8.00. The van der Waals surface area contributed by atoms with Gasteiger partial charge in [-0.3, -0.25) is 19.5 Å². The zero-order valence-corrected chi connectivity index (χ0v) is 17.6. The molecule has 0 bridgehead atoms. The van der Waals surface area contributed by atoms with Crippen molar-refractivity contribution in [2.24, 2.45) is 0 Å². The fraction of sp³-hybridized carbons (Fsp3) is 0.182. The Morgan fingerprint density at radius 3 is 2.60 bits per heavy atom. The number of nitrogens with zero attached hydrogens (tertiary/aromatic N) is 3. The molecule has 0 fully saturated rings. The molecule has 1 unspecified atom stereocenters. The summed E-state index contributed by atoms with van der Waals surface area (Å²) in [6.07, 6.45) is 0. The maximum atomic E-state index is 13.3. The van der Waals surface area contributed by atoms with Gasteiger partial charge >= 0.3 is 0 Å². The number of thioether (sulfide) groups is 1. The van der Waals surface area contributed by atoms with E-state index in [1.807, 2.05) is 43.3 Å². The molecule has 0 aliphatic rings. The summed E-state index contributed by atoms with van der Waals surface area (Å²) in [4.78, 5) is 30.7. The van der Waals surface area contributed by atoms with E-state index in [1.165, 1.54) is 11.8 Å². The van der Waals surface area contributed by atoms with Crippen LogP contribution in [0, 0.1) is 13.8 Å². The van der Waals surface area contributed by atoms with E-state index in [4.69, 9.17) is 9.51 Å². The molecule has 0 aliphatic heterocycles. The molecular formula is C22H20N4O3S. The summed E-state index contributed by atoms with van der Waals surface area (Å²) >= 11 is 1.21. The number of fused-ring (bicyclic) bond motifs is 1. The van der Waals surface area contributed by atoms with Crippen LogP contribution in [-0.2, 0) is 4.79 Å². The molecule has 152 valence electrons. The van der Waals surface area contributed by atoms with Crippen LogP contribution in [0.4, 0.5) is 5.88 Å². The maximum Gasteiger partial charge on any atom is 0.266 e. The molecule has 2 heterocycles. The van der Waals surface area contributed by atoms with Gasteiger partial charge in [0.05, 0.1) is 27.5 Å². The van der Waals surface area contributed by atoms with E-state index in [0.29, 0.717) is 21.8 Å². The molecule has 1 amide bonds. The largest absolute Gasteiger partial charge is 0.338 e. The number of rotatable bonds is 5. The van der Waals surface area contributed by atoms with E-state index in [0.717, 1.165) is 11.3 Å². The highest BCUT2D eigenvalue weighted by Gasteiger charge is 2.21. The quantitative estimate of drug-likeness (QED) is 0.386. The predicted molar refractivity (Wildman–Crippen MR) is 117 cm³/mol. The number of aromatic nitrogens is 3. The minimum absolute atomic E-state index is 0.170. The second-order valence-corrected chi connectivity index (χ2v) is 8.23. The third kappa shape index (κ3) is 3.86. The van der Waals surface area contributed by atoms with Crippen molar-refractivity contribution in [1.29, 1.82) is 0 Å². The van der Waals surface area contributed by atoms with Crippen LogP contribution in [0.5, 0.6) is 0 Å². The predicted octanol–water partition coefficient (Wildman–Crippen LogP) is 4.11. The first-order chi connectivity index (χ1) is 14.4. The van der Waals surface area contributed by atoms with Gasteiger partial charge in [0.25, 0.3) is 5.56 Å². The average Bonchev–Trinajstić information content (AvgIpc) is 3.14. The molecule has 1 N–H and O–H groups in total. The number of para-hydroxylation sites is 2. The Labute approximate surface area is 177 Å². The molecule has 0 spiro atoms. The third-order valence-electron chi connectivity index (χ3n) is 4.63. The Morgan fingerprint density at radius 1 is 1.13 bits per heavy atom. The van der Waals surface area contributed by atoms with Gasteiger partial charge in [-0.05, 0) is 44.5 Å². The number of hydrogen-bond acceptors (Lipinski definition) is 6. The average molecular weight is 420 g/mol. The summed E-state index contributed by atoms with van der Waals surface area (Å²) in [5.41, 5.74) is 2.77. The number of hydrogen-bond donors (Lipinski definition) is 1. The first-order valence-electron chi connectivity index (χ1n) is 9.42. The van der Waals surface area contributed by atoms with Crippen LogP contribution in [0.2, 0.25) is 0 Å². The number of carbonyl (C=O) groups is 1. The van der Waals surface area contributed by atoms with Gasteiger partial charge < -0.3 is 4.52 Å². The molecular weight excluding hydrogens is 400 g/mol. The number of carbonyl (C=O) groups excluding carboxylic acids is 1. The number of anilines is 1. The third-order valence-corrected chi connectivity index (χ3v) is 5.68. The molecule has 0 saturated carbocycles. The standard InChI is InChI=1S/C22H20N4O3S/c1-13-8-4-7-11-18(13)26-21(28)16-9-5-6-10-17(16)23-22(26)30-15(3)20(27)24-19-12-14(2)25-29-19/h4-12,15H,1-3H3,(H,24,27). The van der Waals surface area contributed by atoms with Gasteiger partial charge in [0.1, 0.15) is 0 Å². The van der Waals surface area contributed by atoms with Crippen molar-refractivity contribution >= 4 is 34.5 Å². The van der Waals surface area contributed by atoms with Crippen molar-refractivity contribution in [2.45, 2.75) is 31.2 Å². The van der Waals surface area contributed by atoms with E-state index in [9.17, 15) is 9.59 Å². The summed E-state index contributed by atoms with van der Waals surface area (Å²) in [5.74, 6) is 0.0163. The van der Waals surface area contributed by atoms with Crippen LogP contribution in [-0.4, -0.2) is 25.9 Å². The monoisotopic (exact) mass is 420 g/mol. The number of amides is 1. The van der Waals surface area contributed by atoms with E-state index in [1.54, 1.807) is 36.6 Å². The lowest BCUT2D eigenvalue weighted by molar-refractivity contribution is -0.115. The van der Waals surface area contributed by atoms with Gasteiger partial charge in [0.15, 0.2) is 5.16 Å². The summed E-state index contributed by atoms with van der Waals surface area (Å²) in [6, 6.07) is 16.5. The van der Waals surface area contributed by atoms with Crippen LogP contribution in [0.1, 0.15) is 18.2 Å². The Morgan fingerprint density at radius 2 is 1.87 bits per heavy atom. The van der Waals surface area contributed by atoms with Crippen molar-refractivity contribution in [3.8, 4) is 5.69 Å². The van der Waals surface area contributed by atoms with Crippen molar-refractivity contribution < 1.29 is 9.32 Å². The van der Waals surface area contributed by atoms with Crippen LogP contribution < -0.4 is 10.9 Å². The molecule has 4 aromatic rings. The second-order valence-electron chi connectivity index (χ2n) is 6.92. The smallest absolute Gasteiger partial charge is 0.266 e. The summed E-state index contributed by atoms with van der Waals surface area (Å²) in [5, 5.41) is 6.92. The lowest BCUT2D eigenvalue weighted by Crippen LogP contribution is -2.26. The Kier molecular flexibility index (Phi) is 5.41. The first-order valence-corrected chi connectivity index (χ1v) is 10.3. The molecule has 0 saturated heterocycles. The first kappa shape index (κ1) is 19.9. The van der Waals surface area contributed by atoms with Crippen molar-refractivity contribution in [2.75, 3.05) is 5.32 Å². The van der Waals surface area contributed by atoms with E-state index in [-0.39, 0.29) is 17.4 Å². The van der Waals surface area contributed by atoms with Crippen LogP contribution in [0.25, 0.3) is 16.6 Å². The van der Waals surface area contributed by atoms with E-state index >= 15 is 0 Å². The highest BCUT2D eigenvalue weighted by atomic mass is 32.2. The molecule has 2 aromatic carbocycles. The summed E-state index contributed by atoms with van der Waals surface area (Å²) in [6.45, 7) is 5.47. The van der Waals surface area contributed by atoms with Crippen LogP contribution in [0.3, 0.4) is 0 Å². The molecule has 8 heteroatoms. The molecule has 7 nitrogen and oxygen atoms in total. The Balaban J connectivity index is 1.75. The molecule has 0 radical (unpaired) electrons. The van der Waals surface area contributed by atoms with Crippen LogP contribution >= 0.6 is 11.8 Å². The van der Waals surface area contributed by atoms with Crippen LogP contribution in [0.15, 0.2) is 69.1 Å². The normalized spacial score (nSPS) is 12.1. The molecule has 4 rings (SSSR count). The summed E-state index contributed by atoms with van der Waals surface area (Å²) in [7, 11) is 0. The summed E-state index contributed by atoms with van der Waals surface area (Å²) < 4.78 is 6.63. The van der Waals surface area contributed by atoms with Gasteiger partial charge in [-0.15, -0.1) is 0 Å². The number of aryl methyl sites for hydroxylation is 2. The SMILES string of the molecule is Cc1cc(NC(=O)C(C)Sc2nc3ccccc3c(=O)n2-c2ccccc2C)on1. The maximum absolute atomic E-state index is 13.3. The zero-order valence-electron chi connectivity index (χ0n) is 16.7. The van der Waals surface area contributed by atoms with Gasteiger partial charge in [-0.1, -0.05) is 47.3 Å². The van der Waals surface area contributed by atoms with Gasteiger partial charge in [0.2, 0.25) is 11.8 Å². The Bertz CT molecular complexity index is 1300. The lowest BCUT2D eigenvalue weighted by Gasteiger charge is -2.17. The second kappa shape index (κ2) is 8.16. The van der Waals surface area contributed by atoms with E-state index in [2.05, 4.69) is 10.5 Å². The Hall–Kier alpha value is -3.39. The highest BCUT2D eigenvalue weighted by Crippen LogP contribution is 2.27. The van der Waals surface area contributed by atoms with Crippen molar-refractivity contribution in [3.05, 3.63) is 76.2 Å². The van der Waals surface area contributed by atoms with Gasteiger partial charge in [0, 0.05) is 6.07 Å². The zero-order chi connectivity index (χ0) is 21.3. The van der Waals surface area contributed by atoms with Gasteiger partial charge in [-0.25, -0.2) is 4.98 Å². The molecule has 30 heavy (non-hydrogen) atoms. The lowest BCUT2D eigenvalue weighted by atomic mass is 10.2. The minimum atomic E-state index is -0.529. The van der Waals surface area contributed by atoms with Crippen molar-refractivity contribution in [3.63, 3.8) is 0 Å². The fourth-order valence-electron chi connectivity index (χ4n) is 3.08. The van der Waals surface area contributed by atoms with Gasteiger partial charge in [-0.2, -0.15) is 0 Å². The fourth-order valence-corrected chi connectivity index (χ4v) is 4.00. The molecule has 1 atom stereocenters. The van der Waals surface area contributed by atoms with E-state index < -0.39 is 5.25 Å². The number of nitrogens with one attached hydrogen (secondary N) is 1. The van der Waals surface area contributed by atoms with Crippen molar-refractivity contribution in [1.82, 2.24) is 14.7 Å². The minimum Gasteiger partial charge on any atom is -0.338 e. The molecule has 0 aliphatic carbocycles.